The quantitative estimate of drug-likeness (QED) is 0.527. The van der Waals surface area contributed by atoms with Crippen molar-refractivity contribution in [3.05, 3.63) is 51.7 Å². The lowest BCUT2D eigenvalue weighted by Gasteiger charge is -2.08. The third kappa shape index (κ3) is 2.90. The van der Waals surface area contributed by atoms with Gasteiger partial charge in [-0.2, -0.15) is 0 Å². The fourth-order valence-electron chi connectivity index (χ4n) is 2.17. The molecule has 0 aliphatic rings. The van der Waals surface area contributed by atoms with E-state index in [1.807, 2.05) is 0 Å². The maximum atomic E-state index is 12.8. The number of ketones is 1. The van der Waals surface area contributed by atoms with Crippen LogP contribution in [0.15, 0.2) is 29.3 Å². The van der Waals surface area contributed by atoms with Gasteiger partial charge in [-0.25, -0.2) is 4.79 Å². The van der Waals surface area contributed by atoms with Gasteiger partial charge in [-0.05, 0) is 19.1 Å². The van der Waals surface area contributed by atoms with Crippen molar-refractivity contribution in [2.45, 2.75) is 11.9 Å². The van der Waals surface area contributed by atoms with Crippen LogP contribution >= 0.6 is 11.6 Å². The molecule has 1 atom stereocenters. The molecular formula is C15H14ClNO4S. The van der Waals surface area contributed by atoms with Crippen molar-refractivity contribution in [2.24, 2.45) is 0 Å². The first-order chi connectivity index (χ1) is 10.4. The number of nitrogens with one attached hydrogen (secondary N) is 1. The number of aromatic amines is 1. The second kappa shape index (κ2) is 6.56. The number of carbonyl (C=O) groups is 2. The number of aromatic nitrogens is 1. The molecule has 0 bridgehead atoms. The SMILES string of the molecule is COC(=O)c1c(C)[nH]c([S+](C)[O-])c1C(=O)c1ccccc1Cl. The Labute approximate surface area is 135 Å². The van der Waals surface area contributed by atoms with Gasteiger partial charge in [0.05, 0.1) is 17.7 Å². The highest BCUT2D eigenvalue weighted by Crippen LogP contribution is 2.28. The van der Waals surface area contributed by atoms with Gasteiger partial charge in [0.2, 0.25) is 10.8 Å². The minimum absolute atomic E-state index is 0.0401. The third-order valence-electron chi connectivity index (χ3n) is 3.18. The molecular weight excluding hydrogens is 326 g/mol. The predicted octanol–water partition coefficient (Wildman–Crippen LogP) is 2.73. The number of halogens is 1. The number of aryl methyl sites for hydroxylation is 1. The topological polar surface area (TPSA) is 82.2 Å². The van der Waals surface area contributed by atoms with E-state index in [0.29, 0.717) is 5.69 Å². The molecule has 116 valence electrons. The first kappa shape index (κ1) is 16.6. The number of rotatable bonds is 4. The first-order valence-electron chi connectivity index (χ1n) is 6.32. The van der Waals surface area contributed by atoms with Crippen molar-refractivity contribution in [2.75, 3.05) is 13.4 Å². The second-order valence-electron chi connectivity index (χ2n) is 4.58. The fourth-order valence-corrected chi connectivity index (χ4v) is 3.17. The molecule has 1 aromatic heterocycles. The zero-order chi connectivity index (χ0) is 16.4. The van der Waals surface area contributed by atoms with E-state index in [1.54, 1.807) is 31.2 Å². The summed E-state index contributed by atoms with van der Waals surface area (Å²) in [7, 11) is 1.22. The molecule has 5 nitrogen and oxygen atoms in total. The number of carbonyl (C=O) groups excluding carboxylic acids is 2. The Morgan fingerprint density at radius 3 is 2.45 bits per heavy atom. The minimum atomic E-state index is -1.48. The zero-order valence-electron chi connectivity index (χ0n) is 12.2. The van der Waals surface area contributed by atoms with Gasteiger partial charge in [0, 0.05) is 22.4 Å². The number of methoxy groups -OCH3 is 1. The number of hydrogen-bond acceptors (Lipinski definition) is 4. The van der Waals surface area contributed by atoms with Crippen LogP contribution in [0.4, 0.5) is 0 Å². The van der Waals surface area contributed by atoms with Gasteiger partial charge in [-0.3, -0.25) is 4.79 Å². The predicted molar refractivity (Wildman–Crippen MR) is 84.1 cm³/mol. The molecule has 2 aromatic rings. The Morgan fingerprint density at radius 1 is 1.27 bits per heavy atom. The molecule has 0 aliphatic heterocycles. The second-order valence-corrected chi connectivity index (χ2v) is 6.31. The molecule has 1 aromatic carbocycles. The third-order valence-corrected chi connectivity index (χ3v) is 4.39. The largest absolute Gasteiger partial charge is 0.610 e. The number of hydrogen-bond donors (Lipinski definition) is 1. The average molecular weight is 340 g/mol. The Kier molecular flexibility index (Phi) is 4.95. The number of benzene rings is 1. The van der Waals surface area contributed by atoms with Crippen LogP contribution in [-0.4, -0.2) is 34.7 Å². The van der Waals surface area contributed by atoms with Crippen molar-refractivity contribution in [3.63, 3.8) is 0 Å². The monoisotopic (exact) mass is 339 g/mol. The molecule has 0 saturated carbocycles. The van der Waals surface area contributed by atoms with Crippen molar-refractivity contribution in [1.82, 2.24) is 4.98 Å². The van der Waals surface area contributed by atoms with Gasteiger partial charge >= 0.3 is 5.97 Å². The molecule has 0 amide bonds. The van der Waals surface area contributed by atoms with Crippen LogP contribution in [0.25, 0.3) is 0 Å². The smallest absolute Gasteiger partial charge is 0.340 e. The van der Waals surface area contributed by atoms with Gasteiger partial charge in [0.25, 0.3) is 0 Å². The molecule has 0 saturated heterocycles. The fraction of sp³-hybridized carbons (Fsp3) is 0.200. The van der Waals surface area contributed by atoms with E-state index in [0.717, 1.165) is 0 Å². The summed E-state index contributed by atoms with van der Waals surface area (Å²) < 4.78 is 16.6. The van der Waals surface area contributed by atoms with Crippen LogP contribution in [0.5, 0.6) is 0 Å². The summed E-state index contributed by atoms with van der Waals surface area (Å²) in [5, 5.41) is 0.442. The van der Waals surface area contributed by atoms with E-state index in [9.17, 15) is 14.1 Å². The molecule has 2 rings (SSSR count). The van der Waals surface area contributed by atoms with Crippen LogP contribution in [0.3, 0.4) is 0 Å². The van der Waals surface area contributed by atoms with Gasteiger partial charge in [-0.1, -0.05) is 23.7 Å². The lowest BCUT2D eigenvalue weighted by atomic mass is 10.0. The van der Waals surface area contributed by atoms with Crippen LogP contribution < -0.4 is 0 Å². The lowest BCUT2D eigenvalue weighted by Crippen LogP contribution is -2.14. The number of ether oxygens (including phenoxy) is 1. The summed E-state index contributed by atoms with van der Waals surface area (Å²) in [6.45, 7) is 1.62. The summed E-state index contributed by atoms with van der Waals surface area (Å²) in [5.74, 6) is -1.14. The summed E-state index contributed by atoms with van der Waals surface area (Å²) in [4.78, 5) is 27.6. The van der Waals surface area contributed by atoms with Crippen molar-refractivity contribution < 1.29 is 18.9 Å². The molecule has 0 radical (unpaired) electrons. The van der Waals surface area contributed by atoms with Crippen LogP contribution in [0.2, 0.25) is 5.02 Å². The van der Waals surface area contributed by atoms with E-state index < -0.39 is 22.9 Å². The molecule has 1 unspecified atom stereocenters. The van der Waals surface area contributed by atoms with Gasteiger partial charge in [0.15, 0.2) is 0 Å². The summed E-state index contributed by atoms with van der Waals surface area (Å²) >= 11 is 4.57. The van der Waals surface area contributed by atoms with E-state index in [-0.39, 0.29) is 26.7 Å². The van der Waals surface area contributed by atoms with Crippen LogP contribution in [-0.2, 0) is 15.9 Å². The van der Waals surface area contributed by atoms with Crippen molar-refractivity contribution in [3.8, 4) is 0 Å². The molecule has 7 heteroatoms. The van der Waals surface area contributed by atoms with E-state index in [4.69, 9.17) is 16.3 Å². The molecule has 0 fully saturated rings. The van der Waals surface area contributed by atoms with E-state index in [2.05, 4.69) is 4.98 Å². The average Bonchev–Trinajstić information content (AvgIpc) is 2.84. The van der Waals surface area contributed by atoms with Crippen LogP contribution in [0.1, 0.15) is 32.0 Å². The molecule has 22 heavy (non-hydrogen) atoms. The maximum absolute atomic E-state index is 12.8. The molecule has 1 heterocycles. The van der Waals surface area contributed by atoms with E-state index in [1.165, 1.54) is 13.4 Å². The van der Waals surface area contributed by atoms with Crippen molar-refractivity contribution in [1.29, 1.82) is 0 Å². The molecule has 0 spiro atoms. The summed E-state index contributed by atoms with van der Waals surface area (Å²) in [6.07, 6.45) is 1.43. The summed E-state index contributed by atoms with van der Waals surface area (Å²) in [5.41, 5.74) is 0.781. The van der Waals surface area contributed by atoms with Crippen LogP contribution in [0, 0.1) is 6.92 Å². The number of H-pyrrole nitrogens is 1. The highest BCUT2D eigenvalue weighted by molar-refractivity contribution is 7.90. The standard InChI is InChI=1S/C15H14ClNO4S/c1-8-11(15(19)21-2)12(14(17-8)22(3)20)13(18)9-6-4-5-7-10(9)16/h4-7,17H,1-3H3. The van der Waals surface area contributed by atoms with Crippen molar-refractivity contribution >= 4 is 34.5 Å². The molecule has 0 aliphatic carbocycles. The highest BCUT2D eigenvalue weighted by atomic mass is 35.5. The Balaban J connectivity index is 2.70. The Hall–Kier alpha value is -1.76. The maximum Gasteiger partial charge on any atom is 0.340 e. The first-order valence-corrected chi connectivity index (χ1v) is 8.25. The lowest BCUT2D eigenvalue weighted by molar-refractivity contribution is 0.0597. The minimum Gasteiger partial charge on any atom is -0.610 e. The van der Waals surface area contributed by atoms with Gasteiger partial charge in [0.1, 0.15) is 11.8 Å². The Bertz CT molecular complexity index is 739. The summed E-state index contributed by atoms with van der Waals surface area (Å²) in [6, 6.07) is 6.49. The van der Waals surface area contributed by atoms with Gasteiger partial charge < -0.3 is 14.3 Å². The van der Waals surface area contributed by atoms with E-state index >= 15 is 0 Å². The number of esters is 1. The van der Waals surface area contributed by atoms with Gasteiger partial charge in [-0.15, -0.1) is 0 Å². The highest BCUT2D eigenvalue weighted by Gasteiger charge is 2.32. The molecule has 1 N–H and O–H groups in total. The zero-order valence-corrected chi connectivity index (χ0v) is 13.8. The Morgan fingerprint density at radius 2 is 1.91 bits per heavy atom. The normalized spacial score (nSPS) is 12.0.